The van der Waals surface area contributed by atoms with Gasteiger partial charge >= 0.3 is 12.4 Å². The van der Waals surface area contributed by atoms with E-state index in [-0.39, 0.29) is 48.1 Å². The van der Waals surface area contributed by atoms with Crippen molar-refractivity contribution in [1.82, 2.24) is 9.80 Å². The van der Waals surface area contributed by atoms with Gasteiger partial charge in [0.15, 0.2) is 6.61 Å². The quantitative estimate of drug-likeness (QED) is 0.260. The lowest BCUT2D eigenvalue weighted by Crippen LogP contribution is -2.52. The fourth-order valence-electron chi connectivity index (χ4n) is 5.24. The third kappa shape index (κ3) is 8.43. The molecule has 1 heterocycles. The lowest BCUT2D eigenvalue weighted by Gasteiger charge is -2.43. The summed E-state index contributed by atoms with van der Waals surface area (Å²) in [5.74, 6) is -2.11. The molecular weight excluding hydrogens is 663 g/mol. The molecule has 3 amide bonds. The molecule has 0 saturated carbocycles. The average molecular weight is 690 g/mol. The second kappa shape index (κ2) is 13.8. The number of amides is 3. The second-order valence-electron chi connectivity index (χ2n) is 10.7. The van der Waals surface area contributed by atoms with Gasteiger partial charge in [0.05, 0.1) is 21.2 Å². The fourth-order valence-corrected chi connectivity index (χ4v) is 5.54. The predicted octanol–water partition coefficient (Wildman–Crippen LogP) is 7.53. The van der Waals surface area contributed by atoms with E-state index in [0.29, 0.717) is 29.1 Å². The summed E-state index contributed by atoms with van der Waals surface area (Å²) in [6, 6.07) is 11.0. The van der Waals surface area contributed by atoms with Gasteiger partial charge in [-0.3, -0.25) is 14.4 Å². The zero-order valence-corrected chi connectivity index (χ0v) is 25.8. The van der Waals surface area contributed by atoms with Crippen molar-refractivity contribution in [2.75, 3.05) is 32.1 Å². The SMILES string of the molecule is CC(=O)Nc1cccc(OCC(=O)N2CC[C@@H](N(C)C(=O)c3cc(C(F)(F)F)cc(C(F)(F)F)c3)[C@H](c3ccc(Cl)c(Cl)c3)C2)c1. The van der Waals surface area contributed by atoms with E-state index in [2.05, 4.69) is 5.32 Å². The second-order valence-corrected chi connectivity index (χ2v) is 11.5. The van der Waals surface area contributed by atoms with Gasteiger partial charge in [-0.15, -0.1) is 0 Å². The summed E-state index contributed by atoms with van der Waals surface area (Å²) in [4.78, 5) is 40.6. The maximum Gasteiger partial charge on any atom is 0.416 e. The number of rotatable bonds is 7. The topological polar surface area (TPSA) is 79.0 Å². The number of likely N-dealkylation sites (tertiary alicyclic amines) is 1. The van der Waals surface area contributed by atoms with Crippen molar-refractivity contribution in [3.63, 3.8) is 0 Å². The Morgan fingerprint density at radius 1 is 0.935 bits per heavy atom. The van der Waals surface area contributed by atoms with E-state index >= 15 is 0 Å². The lowest BCUT2D eigenvalue weighted by molar-refractivity contribution is -0.143. The van der Waals surface area contributed by atoms with E-state index < -0.39 is 52.8 Å². The van der Waals surface area contributed by atoms with Crippen LogP contribution in [-0.4, -0.2) is 60.3 Å². The van der Waals surface area contributed by atoms with Crippen LogP contribution in [0.2, 0.25) is 10.0 Å². The zero-order chi connectivity index (χ0) is 34.0. The van der Waals surface area contributed by atoms with Crippen molar-refractivity contribution in [2.45, 2.75) is 37.7 Å². The summed E-state index contributed by atoms with van der Waals surface area (Å²) in [7, 11) is 1.29. The molecule has 0 aromatic heterocycles. The Labute approximate surface area is 270 Å². The molecule has 0 aliphatic carbocycles. The van der Waals surface area contributed by atoms with E-state index in [1.807, 2.05) is 0 Å². The van der Waals surface area contributed by atoms with Crippen molar-refractivity contribution >= 4 is 46.6 Å². The first-order valence-corrected chi connectivity index (χ1v) is 14.5. The molecule has 1 aliphatic rings. The van der Waals surface area contributed by atoms with Crippen LogP contribution in [0.25, 0.3) is 0 Å². The molecule has 1 fully saturated rings. The number of hydrogen-bond acceptors (Lipinski definition) is 4. The number of benzene rings is 3. The number of carbonyl (C=O) groups excluding carboxylic acids is 3. The number of anilines is 1. The van der Waals surface area contributed by atoms with Crippen LogP contribution in [-0.2, 0) is 21.9 Å². The van der Waals surface area contributed by atoms with Gasteiger partial charge in [0.25, 0.3) is 11.8 Å². The van der Waals surface area contributed by atoms with Crippen LogP contribution in [0.5, 0.6) is 5.75 Å². The van der Waals surface area contributed by atoms with Crippen LogP contribution >= 0.6 is 23.2 Å². The third-order valence-electron chi connectivity index (χ3n) is 7.47. The van der Waals surface area contributed by atoms with Crippen LogP contribution < -0.4 is 10.1 Å². The Bertz CT molecular complexity index is 1600. The Kier molecular flexibility index (Phi) is 10.5. The third-order valence-corrected chi connectivity index (χ3v) is 8.21. The largest absolute Gasteiger partial charge is 0.484 e. The van der Waals surface area contributed by atoms with Gasteiger partial charge in [0.1, 0.15) is 5.75 Å². The van der Waals surface area contributed by atoms with Crippen molar-refractivity contribution in [2.24, 2.45) is 0 Å². The van der Waals surface area contributed by atoms with Gasteiger partial charge in [-0.05, 0) is 54.4 Å². The first-order valence-electron chi connectivity index (χ1n) is 13.7. The summed E-state index contributed by atoms with van der Waals surface area (Å²) in [6.45, 7) is 1.09. The molecule has 2 atom stereocenters. The monoisotopic (exact) mass is 689 g/mol. The Morgan fingerprint density at radius 3 is 2.17 bits per heavy atom. The highest BCUT2D eigenvalue weighted by molar-refractivity contribution is 6.42. The number of ether oxygens (including phenoxy) is 1. The number of halogens is 8. The number of piperidine rings is 1. The molecule has 46 heavy (non-hydrogen) atoms. The van der Waals surface area contributed by atoms with Gasteiger partial charge < -0.3 is 19.9 Å². The minimum absolute atomic E-state index is 0.0186. The highest BCUT2D eigenvalue weighted by Gasteiger charge is 2.40. The Balaban J connectivity index is 1.59. The van der Waals surface area contributed by atoms with Gasteiger partial charge in [-0.1, -0.05) is 35.3 Å². The number of hydrogen-bond donors (Lipinski definition) is 1. The molecule has 0 spiro atoms. The number of alkyl halides is 6. The molecule has 7 nitrogen and oxygen atoms in total. The van der Waals surface area contributed by atoms with Crippen LogP contribution in [0, 0.1) is 0 Å². The molecule has 3 aromatic rings. The first-order chi connectivity index (χ1) is 21.4. The zero-order valence-electron chi connectivity index (χ0n) is 24.3. The molecule has 4 rings (SSSR count). The van der Waals surface area contributed by atoms with Crippen LogP contribution in [0.1, 0.15) is 46.3 Å². The smallest absolute Gasteiger partial charge is 0.416 e. The van der Waals surface area contributed by atoms with E-state index in [1.165, 1.54) is 37.1 Å². The minimum atomic E-state index is -5.13. The summed E-state index contributed by atoms with van der Waals surface area (Å²) in [5, 5.41) is 3.01. The van der Waals surface area contributed by atoms with Crippen molar-refractivity contribution in [3.05, 3.63) is 93.0 Å². The number of nitrogens with one attached hydrogen (secondary N) is 1. The molecule has 246 valence electrons. The first kappa shape index (κ1) is 34.9. The highest BCUT2D eigenvalue weighted by atomic mass is 35.5. The maximum absolute atomic E-state index is 13.5. The van der Waals surface area contributed by atoms with Crippen LogP contribution in [0.4, 0.5) is 32.0 Å². The molecule has 3 aromatic carbocycles. The maximum atomic E-state index is 13.5. The number of nitrogens with zero attached hydrogens (tertiary/aromatic N) is 2. The van der Waals surface area contributed by atoms with Crippen molar-refractivity contribution < 1.29 is 45.5 Å². The molecule has 0 bridgehead atoms. The Hall–Kier alpha value is -3.97. The van der Waals surface area contributed by atoms with E-state index in [0.717, 1.165) is 4.90 Å². The molecule has 1 N–H and O–H groups in total. The van der Waals surface area contributed by atoms with Gasteiger partial charge in [0, 0.05) is 56.3 Å². The van der Waals surface area contributed by atoms with Crippen molar-refractivity contribution in [1.29, 1.82) is 0 Å². The molecule has 1 aliphatic heterocycles. The fraction of sp³-hybridized carbons (Fsp3) is 0.323. The summed E-state index contributed by atoms with van der Waals surface area (Å²) in [6.07, 6.45) is -10.1. The van der Waals surface area contributed by atoms with Gasteiger partial charge in [-0.2, -0.15) is 26.3 Å². The van der Waals surface area contributed by atoms with Gasteiger partial charge in [0.2, 0.25) is 5.91 Å². The van der Waals surface area contributed by atoms with Crippen LogP contribution in [0.3, 0.4) is 0 Å². The summed E-state index contributed by atoms with van der Waals surface area (Å²) in [5.41, 5.74) is -2.99. The summed E-state index contributed by atoms with van der Waals surface area (Å²) >= 11 is 12.3. The van der Waals surface area contributed by atoms with E-state index in [9.17, 15) is 40.7 Å². The molecule has 0 unspecified atom stereocenters. The minimum Gasteiger partial charge on any atom is -0.484 e. The Morgan fingerprint density at radius 2 is 1.59 bits per heavy atom. The summed E-state index contributed by atoms with van der Waals surface area (Å²) < 4.78 is 86.6. The predicted molar refractivity (Wildman–Crippen MR) is 159 cm³/mol. The molecule has 1 saturated heterocycles. The molecular formula is C31H27Cl2F6N3O4. The van der Waals surface area contributed by atoms with E-state index in [4.69, 9.17) is 27.9 Å². The number of carbonyl (C=O) groups is 3. The molecule has 0 radical (unpaired) electrons. The lowest BCUT2D eigenvalue weighted by atomic mass is 9.84. The highest BCUT2D eigenvalue weighted by Crippen LogP contribution is 2.38. The van der Waals surface area contributed by atoms with Gasteiger partial charge in [-0.25, -0.2) is 0 Å². The van der Waals surface area contributed by atoms with E-state index in [1.54, 1.807) is 24.3 Å². The standard InChI is InChI=1S/C31H27Cl2F6N3O4/c1-17(43)40-22-4-3-5-23(14-22)46-16-28(44)42-9-8-27(24(15-42)18-6-7-25(32)26(33)12-18)41(2)29(45)19-10-20(30(34,35)36)13-21(11-19)31(37,38)39/h3-7,10-14,24,27H,8-9,15-16H2,1-2H3,(H,40,43)/t24-,27+/m0/s1. The molecule has 15 heteroatoms. The average Bonchev–Trinajstić information content (AvgIpc) is 2.99. The van der Waals surface area contributed by atoms with Crippen LogP contribution in [0.15, 0.2) is 60.7 Å². The normalized spacial score (nSPS) is 17.0. The number of likely N-dealkylation sites (N-methyl/N-ethyl adjacent to an activating group) is 1. The van der Waals surface area contributed by atoms with Crippen molar-refractivity contribution in [3.8, 4) is 5.75 Å².